The highest BCUT2D eigenvalue weighted by Gasteiger charge is 1.98. The predicted octanol–water partition coefficient (Wildman–Crippen LogP) is 2.45. The molecule has 0 spiro atoms. The second kappa shape index (κ2) is 3.42. The molecule has 1 aromatic rings. The summed E-state index contributed by atoms with van der Waals surface area (Å²) in [6, 6.07) is 6.69. The van der Waals surface area contributed by atoms with Crippen LogP contribution in [0.1, 0.15) is 24.5 Å². The number of aryl methyl sites for hydroxylation is 2. The Hall–Kier alpha value is -0.980. The molecule has 11 heavy (non-hydrogen) atoms. The maximum absolute atomic E-state index is 9.40. The van der Waals surface area contributed by atoms with Crippen LogP contribution in [0.4, 0.5) is 0 Å². The Balaban J connectivity index is 2.90. The Morgan fingerprint density at radius 3 is 2.82 bits per heavy atom. The Kier molecular flexibility index (Phi) is 2.53. The summed E-state index contributed by atoms with van der Waals surface area (Å²) in [6.45, 7) is 4.02. The highest BCUT2D eigenvalue weighted by atomic mass is 16.3. The first-order valence-electron chi connectivity index (χ1n) is 3.94. The molecule has 1 N–H and O–H groups in total. The van der Waals surface area contributed by atoms with Crippen molar-refractivity contribution in [3.63, 3.8) is 0 Å². The van der Waals surface area contributed by atoms with Gasteiger partial charge < -0.3 is 5.11 Å². The summed E-state index contributed by atoms with van der Waals surface area (Å²) in [6.07, 6.45) is 1.99. The molecule has 1 rings (SSSR count). The fourth-order valence-electron chi connectivity index (χ4n) is 1.08. The zero-order chi connectivity index (χ0) is 8.27. The van der Waals surface area contributed by atoms with Crippen LogP contribution >= 0.6 is 0 Å². The van der Waals surface area contributed by atoms with E-state index in [0.717, 1.165) is 24.0 Å². The third-order valence-corrected chi connectivity index (χ3v) is 1.68. The monoisotopic (exact) mass is 149 g/mol. The van der Waals surface area contributed by atoms with Gasteiger partial charge in [0.05, 0.1) is 0 Å². The summed E-state index contributed by atoms with van der Waals surface area (Å²) in [7, 11) is 0. The average Bonchev–Trinajstić information content (AvgIpc) is 1.95. The zero-order valence-corrected chi connectivity index (χ0v) is 7.02. The van der Waals surface area contributed by atoms with Crippen LogP contribution in [0, 0.1) is 13.0 Å². The van der Waals surface area contributed by atoms with Gasteiger partial charge in [0.2, 0.25) is 0 Å². The molecule has 1 heteroatoms. The summed E-state index contributed by atoms with van der Waals surface area (Å²) < 4.78 is 0. The lowest BCUT2D eigenvalue weighted by molar-refractivity contribution is 0.467. The molecule has 0 aliphatic rings. The van der Waals surface area contributed by atoms with Gasteiger partial charge in [-0.05, 0) is 42.7 Å². The van der Waals surface area contributed by atoms with Gasteiger partial charge in [0.15, 0.2) is 0 Å². The summed E-state index contributed by atoms with van der Waals surface area (Å²) >= 11 is 0. The second-order valence-corrected chi connectivity index (χ2v) is 2.78. The largest absolute Gasteiger partial charge is 0.508 e. The van der Waals surface area contributed by atoms with Crippen molar-refractivity contribution in [3.8, 4) is 5.75 Å². The van der Waals surface area contributed by atoms with Crippen molar-refractivity contribution in [1.29, 1.82) is 0 Å². The highest BCUT2D eigenvalue weighted by Crippen LogP contribution is 2.18. The van der Waals surface area contributed by atoms with Crippen LogP contribution in [-0.2, 0) is 6.42 Å². The fraction of sp³-hybridized carbons (Fsp3) is 0.400. The molecule has 1 nitrogen and oxygen atoms in total. The number of hydrogen-bond donors (Lipinski definition) is 1. The molecule has 0 amide bonds. The minimum absolute atomic E-state index is 0.406. The van der Waals surface area contributed by atoms with E-state index in [0.29, 0.717) is 5.75 Å². The first-order valence-corrected chi connectivity index (χ1v) is 3.94. The molecular weight excluding hydrogens is 136 g/mol. The normalized spacial score (nSPS) is 10.0. The number of rotatable bonds is 2. The van der Waals surface area contributed by atoms with Crippen LogP contribution in [0.15, 0.2) is 12.1 Å². The molecule has 0 unspecified atom stereocenters. The topological polar surface area (TPSA) is 20.2 Å². The van der Waals surface area contributed by atoms with Gasteiger partial charge >= 0.3 is 0 Å². The standard InChI is InChI=1S/C10H13O/c1-3-4-9-6-5-8(2)7-10(9)11/h6-7,11H,3-4H2,1-2H3. The van der Waals surface area contributed by atoms with Gasteiger partial charge in [-0.25, -0.2) is 0 Å². The molecule has 0 aromatic heterocycles. The first-order chi connectivity index (χ1) is 5.24. The number of benzene rings is 1. The molecule has 1 aromatic carbocycles. The Morgan fingerprint density at radius 1 is 1.55 bits per heavy atom. The number of phenolic OH excluding ortho intramolecular Hbond substituents is 1. The van der Waals surface area contributed by atoms with E-state index in [9.17, 15) is 5.11 Å². The van der Waals surface area contributed by atoms with Gasteiger partial charge in [-0.1, -0.05) is 13.3 Å². The number of phenols is 1. The van der Waals surface area contributed by atoms with E-state index in [4.69, 9.17) is 0 Å². The molecule has 0 heterocycles. The van der Waals surface area contributed by atoms with E-state index in [1.165, 1.54) is 0 Å². The van der Waals surface area contributed by atoms with Crippen LogP contribution in [0.3, 0.4) is 0 Å². The van der Waals surface area contributed by atoms with Crippen molar-refractivity contribution in [1.82, 2.24) is 0 Å². The van der Waals surface area contributed by atoms with E-state index in [-0.39, 0.29) is 0 Å². The van der Waals surface area contributed by atoms with Crippen molar-refractivity contribution in [2.75, 3.05) is 0 Å². The van der Waals surface area contributed by atoms with Crippen LogP contribution < -0.4 is 0 Å². The lowest BCUT2D eigenvalue weighted by Gasteiger charge is -2.02. The molecule has 0 bridgehead atoms. The second-order valence-electron chi connectivity index (χ2n) is 2.78. The van der Waals surface area contributed by atoms with Gasteiger partial charge in [0.1, 0.15) is 5.75 Å². The summed E-state index contributed by atoms with van der Waals surface area (Å²) in [4.78, 5) is 0. The van der Waals surface area contributed by atoms with Crippen molar-refractivity contribution in [2.45, 2.75) is 26.7 Å². The quantitative estimate of drug-likeness (QED) is 0.684. The van der Waals surface area contributed by atoms with Gasteiger partial charge in [0.25, 0.3) is 0 Å². The van der Waals surface area contributed by atoms with E-state index in [1.54, 1.807) is 6.07 Å². The number of hydrogen-bond acceptors (Lipinski definition) is 1. The molecule has 0 fully saturated rings. The molecule has 0 saturated heterocycles. The Labute approximate surface area is 67.7 Å². The van der Waals surface area contributed by atoms with Gasteiger partial charge in [-0.2, -0.15) is 0 Å². The smallest absolute Gasteiger partial charge is 0.119 e. The molecule has 0 aliphatic heterocycles. The molecule has 0 atom stereocenters. The molecule has 0 saturated carbocycles. The van der Waals surface area contributed by atoms with E-state index < -0.39 is 0 Å². The highest BCUT2D eigenvalue weighted by molar-refractivity contribution is 5.35. The van der Waals surface area contributed by atoms with Crippen molar-refractivity contribution < 1.29 is 5.11 Å². The first kappa shape index (κ1) is 8.12. The van der Waals surface area contributed by atoms with Crippen LogP contribution in [0.25, 0.3) is 0 Å². The fourth-order valence-corrected chi connectivity index (χ4v) is 1.08. The van der Waals surface area contributed by atoms with Crippen molar-refractivity contribution >= 4 is 0 Å². The molecule has 59 valence electrons. The van der Waals surface area contributed by atoms with Crippen LogP contribution in [-0.4, -0.2) is 5.11 Å². The van der Waals surface area contributed by atoms with Crippen LogP contribution in [0.2, 0.25) is 0 Å². The molecule has 0 aliphatic carbocycles. The molecule has 1 radical (unpaired) electrons. The Morgan fingerprint density at radius 2 is 2.27 bits per heavy atom. The Bertz CT molecular complexity index is 241. The lowest BCUT2D eigenvalue weighted by Crippen LogP contribution is -1.84. The summed E-state index contributed by atoms with van der Waals surface area (Å²) in [5.41, 5.74) is 1.99. The SMILES string of the molecule is CCCc1c[c]c(C)cc1O. The van der Waals surface area contributed by atoms with E-state index >= 15 is 0 Å². The molecular formula is C10H13O. The maximum atomic E-state index is 9.40. The minimum atomic E-state index is 0.406. The van der Waals surface area contributed by atoms with Crippen molar-refractivity contribution in [2.24, 2.45) is 0 Å². The van der Waals surface area contributed by atoms with E-state index in [1.807, 2.05) is 13.0 Å². The number of aromatic hydroxyl groups is 1. The lowest BCUT2D eigenvalue weighted by atomic mass is 10.1. The van der Waals surface area contributed by atoms with Crippen molar-refractivity contribution in [3.05, 3.63) is 29.3 Å². The van der Waals surface area contributed by atoms with Gasteiger partial charge in [0, 0.05) is 0 Å². The minimum Gasteiger partial charge on any atom is -0.508 e. The van der Waals surface area contributed by atoms with Crippen LogP contribution in [0.5, 0.6) is 5.75 Å². The van der Waals surface area contributed by atoms with E-state index in [2.05, 4.69) is 13.0 Å². The third-order valence-electron chi connectivity index (χ3n) is 1.68. The zero-order valence-electron chi connectivity index (χ0n) is 7.02. The van der Waals surface area contributed by atoms with Gasteiger partial charge in [-0.15, -0.1) is 0 Å². The summed E-state index contributed by atoms with van der Waals surface area (Å²) in [5, 5.41) is 9.40. The maximum Gasteiger partial charge on any atom is 0.119 e. The summed E-state index contributed by atoms with van der Waals surface area (Å²) in [5.74, 6) is 0.406. The van der Waals surface area contributed by atoms with Gasteiger partial charge in [-0.3, -0.25) is 0 Å². The average molecular weight is 149 g/mol. The third kappa shape index (κ3) is 1.97. The predicted molar refractivity (Wildman–Crippen MR) is 45.7 cm³/mol.